The van der Waals surface area contributed by atoms with Crippen LogP contribution in [-0.4, -0.2) is 16.3 Å². The zero-order valence-electron chi connectivity index (χ0n) is 8.42. The van der Waals surface area contributed by atoms with E-state index in [1.807, 2.05) is 0 Å². The third kappa shape index (κ3) is 3.29. The molecule has 0 spiro atoms. The fraction of sp³-hybridized carbons (Fsp3) is 0.375. The molecule has 0 radical (unpaired) electrons. The number of nitro groups is 1. The van der Waals surface area contributed by atoms with Crippen molar-refractivity contribution in [2.24, 2.45) is 0 Å². The average molecular weight is 315 g/mol. The second-order valence-electron chi connectivity index (χ2n) is 2.99. The molecule has 0 aliphatic rings. The Hall–Kier alpha value is -1.38. The Balaban J connectivity index is 3.25. The van der Waals surface area contributed by atoms with Crippen molar-refractivity contribution in [3.63, 3.8) is 0 Å². The first-order valence-corrected chi connectivity index (χ1v) is 5.33. The second kappa shape index (κ2) is 4.86. The van der Waals surface area contributed by atoms with Crippen LogP contribution in [0.15, 0.2) is 6.20 Å². The van der Waals surface area contributed by atoms with Gasteiger partial charge in [0.2, 0.25) is 0 Å². The smallest absolute Gasteiger partial charge is 0.401 e. The molecular formula is C8H6BrF3N2O3. The number of alkyl halides is 4. The average Bonchev–Trinajstić information content (AvgIpc) is 2.18. The molecule has 1 aromatic heterocycles. The maximum absolute atomic E-state index is 12.0. The zero-order valence-corrected chi connectivity index (χ0v) is 10.0. The second-order valence-corrected chi connectivity index (χ2v) is 3.55. The largest absolute Gasteiger partial charge is 0.573 e. The van der Waals surface area contributed by atoms with Crippen LogP contribution in [0.2, 0.25) is 0 Å². The lowest BCUT2D eigenvalue weighted by Gasteiger charge is -2.11. The van der Waals surface area contributed by atoms with Gasteiger partial charge in [-0.1, -0.05) is 15.9 Å². The molecule has 1 heterocycles. The number of halogens is 4. The maximum Gasteiger partial charge on any atom is 0.573 e. The zero-order chi connectivity index (χ0) is 13.2. The van der Waals surface area contributed by atoms with Gasteiger partial charge in [-0.25, -0.2) is 0 Å². The standard InChI is InChI=1S/C8H6BrF3N2O3/c1-4-5(2-9)7(14(15)16)13-3-6(4)17-8(10,11)12/h3H,2H2,1H3. The van der Waals surface area contributed by atoms with Gasteiger partial charge >= 0.3 is 12.2 Å². The Morgan fingerprint density at radius 3 is 2.59 bits per heavy atom. The van der Waals surface area contributed by atoms with E-state index in [9.17, 15) is 23.3 Å². The highest BCUT2D eigenvalue weighted by molar-refractivity contribution is 9.08. The van der Waals surface area contributed by atoms with E-state index < -0.39 is 22.9 Å². The number of hydrogen-bond donors (Lipinski definition) is 0. The van der Waals surface area contributed by atoms with Crippen molar-refractivity contribution in [2.75, 3.05) is 0 Å². The van der Waals surface area contributed by atoms with Crippen LogP contribution in [0, 0.1) is 17.0 Å². The van der Waals surface area contributed by atoms with Crippen molar-refractivity contribution in [3.8, 4) is 5.75 Å². The topological polar surface area (TPSA) is 65.3 Å². The summed E-state index contributed by atoms with van der Waals surface area (Å²) in [5, 5.41) is 10.6. The lowest BCUT2D eigenvalue weighted by atomic mass is 10.1. The molecule has 0 amide bonds. The van der Waals surface area contributed by atoms with Crippen molar-refractivity contribution in [3.05, 3.63) is 27.4 Å². The quantitative estimate of drug-likeness (QED) is 0.488. The van der Waals surface area contributed by atoms with E-state index in [0.717, 1.165) is 0 Å². The molecule has 0 saturated carbocycles. The fourth-order valence-electron chi connectivity index (χ4n) is 1.16. The van der Waals surface area contributed by atoms with Crippen LogP contribution in [0.5, 0.6) is 5.75 Å². The summed E-state index contributed by atoms with van der Waals surface area (Å²) < 4.78 is 39.8. The number of ether oxygens (including phenoxy) is 1. The molecule has 17 heavy (non-hydrogen) atoms. The molecule has 0 fully saturated rings. The van der Waals surface area contributed by atoms with Gasteiger partial charge in [-0.05, 0) is 16.8 Å². The van der Waals surface area contributed by atoms with E-state index in [2.05, 4.69) is 25.7 Å². The van der Waals surface area contributed by atoms with Crippen LogP contribution in [0.1, 0.15) is 11.1 Å². The summed E-state index contributed by atoms with van der Waals surface area (Å²) in [5.41, 5.74) is 0.0812. The van der Waals surface area contributed by atoms with E-state index in [1.165, 1.54) is 6.92 Å². The third-order valence-electron chi connectivity index (χ3n) is 1.93. The minimum atomic E-state index is -4.86. The van der Waals surface area contributed by atoms with Gasteiger partial charge in [0.15, 0.2) is 11.9 Å². The summed E-state index contributed by atoms with van der Waals surface area (Å²) in [4.78, 5) is 13.2. The first-order chi connectivity index (χ1) is 7.76. The van der Waals surface area contributed by atoms with Crippen molar-refractivity contribution in [1.82, 2.24) is 4.98 Å². The minimum absolute atomic E-state index is 0.0111. The summed E-state index contributed by atoms with van der Waals surface area (Å²) in [6, 6.07) is 0. The molecule has 0 saturated heterocycles. The van der Waals surface area contributed by atoms with E-state index in [1.54, 1.807) is 0 Å². The molecule has 0 bridgehead atoms. The van der Waals surface area contributed by atoms with Gasteiger partial charge in [-0.15, -0.1) is 13.2 Å². The SMILES string of the molecule is Cc1c(OC(F)(F)F)cnc([N+](=O)[O-])c1CBr. The van der Waals surface area contributed by atoms with Crippen molar-refractivity contribution in [2.45, 2.75) is 18.6 Å². The van der Waals surface area contributed by atoms with Crippen LogP contribution in [0.3, 0.4) is 0 Å². The molecule has 1 rings (SSSR count). The first kappa shape index (κ1) is 13.7. The highest BCUT2D eigenvalue weighted by Crippen LogP contribution is 2.32. The Bertz CT molecular complexity index is 450. The summed E-state index contributed by atoms with van der Waals surface area (Å²) in [5.74, 6) is -1.04. The molecular weight excluding hydrogens is 309 g/mol. The predicted octanol–water partition coefficient (Wildman–Crippen LogP) is 3.09. The fourth-order valence-corrected chi connectivity index (χ4v) is 1.83. The summed E-state index contributed by atoms with van der Waals surface area (Å²) in [6.07, 6.45) is -4.17. The van der Waals surface area contributed by atoms with E-state index in [4.69, 9.17) is 0 Å². The molecule has 0 aliphatic carbocycles. The van der Waals surface area contributed by atoms with Gasteiger partial charge in [0.05, 0.1) is 5.56 Å². The van der Waals surface area contributed by atoms with Crippen LogP contribution in [0.25, 0.3) is 0 Å². The number of aromatic nitrogens is 1. The molecule has 0 N–H and O–H groups in total. The molecule has 0 unspecified atom stereocenters. The Kier molecular flexibility index (Phi) is 3.91. The number of rotatable bonds is 3. The Labute approximate surface area is 102 Å². The summed E-state index contributed by atoms with van der Waals surface area (Å²) in [6.45, 7) is 1.30. The summed E-state index contributed by atoms with van der Waals surface area (Å²) >= 11 is 2.96. The highest BCUT2D eigenvalue weighted by atomic mass is 79.9. The monoisotopic (exact) mass is 314 g/mol. The molecule has 94 valence electrons. The van der Waals surface area contributed by atoms with Gasteiger partial charge in [0, 0.05) is 10.9 Å². The van der Waals surface area contributed by atoms with Gasteiger partial charge in [0.25, 0.3) is 0 Å². The first-order valence-electron chi connectivity index (χ1n) is 4.21. The van der Waals surface area contributed by atoms with Crippen molar-refractivity contribution in [1.29, 1.82) is 0 Å². The van der Waals surface area contributed by atoms with Crippen molar-refractivity contribution < 1.29 is 22.8 Å². The predicted molar refractivity (Wildman–Crippen MR) is 54.9 cm³/mol. The van der Waals surface area contributed by atoms with Crippen LogP contribution in [0.4, 0.5) is 19.0 Å². The van der Waals surface area contributed by atoms with Crippen LogP contribution in [-0.2, 0) is 5.33 Å². The Morgan fingerprint density at radius 1 is 1.59 bits per heavy atom. The van der Waals surface area contributed by atoms with Crippen LogP contribution < -0.4 is 4.74 Å². The normalized spacial score (nSPS) is 11.4. The Morgan fingerprint density at radius 2 is 2.18 bits per heavy atom. The molecule has 9 heteroatoms. The van der Waals surface area contributed by atoms with E-state index in [-0.39, 0.29) is 16.5 Å². The van der Waals surface area contributed by atoms with Gasteiger partial charge in [0.1, 0.15) is 0 Å². The minimum Gasteiger partial charge on any atom is -0.401 e. The number of nitrogens with zero attached hydrogens (tertiary/aromatic N) is 2. The van der Waals surface area contributed by atoms with E-state index >= 15 is 0 Å². The molecule has 5 nitrogen and oxygen atoms in total. The molecule has 0 atom stereocenters. The van der Waals surface area contributed by atoms with Crippen LogP contribution >= 0.6 is 15.9 Å². The van der Waals surface area contributed by atoms with E-state index in [0.29, 0.717) is 6.20 Å². The van der Waals surface area contributed by atoms with Gasteiger partial charge in [-0.2, -0.15) is 0 Å². The lowest BCUT2D eigenvalue weighted by Crippen LogP contribution is -2.18. The number of pyridine rings is 1. The third-order valence-corrected chi connectivity index (χ3v) is 2.49. The molecule has 1 aromatic rings. The molecule has 0 aliphatic heterocycles. The maximum atomic E-state index is 12.0. The summed E-state index contributed by atoms with van der Waals surface area (Å²) in [7, 11) is 0. The lowest BCUT2D eigenvalue weighted by molar-refractivity contribution is -0.390. The van der Waals surface area contributed by atoms with Gasteiger partial charge < -0.3 is 14.9 Å². The highest BCUT2D eigenvalue weighted by Gasteiger charge is 2.33. The van der Waals surface area contributed by atoms with Crippen molar-refractivity contribution >= 4 is 21.7 Å². The molecule has 0 aromatic carbocycles. The number of hydrogen-bond acceptors (Lipinski definition) is 4. The van der Waals surface area contributed by atoms with Gasteiger partial charge in [-0.3, -0.25) is 0 Å².